The second kappa shape index (κ2) is 23.5. The van der Waals surface area contributed by atoms with Crippen molar-refractivity contribution >= 4 is 119 Å². The number of hydrogen-bond acceptors (Lipinski definition) is 1. The van der Waals surface area contributed by atoms with Crippen molar-refractivity contribution in [1.29, 1.82) is 0 Å². The van der Waals surface area contributed by atoms with Crippen molar-refractivity contribution in [2.45, 2.75) is 19.3 Å². The number of rotatable bonds is 8. The fourth-order valence-corrected chi connectivity index (χ4v) is 18.5. The van der Waals surface area contributed by atoms with Gasteiger partial charge in [0.2, 0.25) is 0 Å². The molecule has 0 unspecified atom stereocenters. The molecule has 21 aromatic rings. The zero-order valence-corrected chi connectivity index (χ0v) is 58.2. The molecule has 488 valence electrons. The molecule has 0 aliphatic heterocycles. The molecule has 0 atom stereocenters. The molecule has 0 saturated carbocycles. The van der Waals surface area contributed by atoms with Crippen molar-refractivity contribution in [1.82, 2.24) is 18.3 Å². The second-order valence-electron chi connectivity index (χ2n) is 28.3. The van der Waals surface area contributed by atoms with Crippen LogP contribution in [0, 0.1) is 0 Å². The molecule has 0 bridgehead atoms. The first-order valence-electron chi connectivity index (χ1n) is 36.0. The molecular weight excluding hydrogens is 1280 g/mol. The quantitative estimate of drug-likeness (QED) is 0.144. The van der Waals surface area contributed by atoms with Crippen LogP contribution in [0.25, 0.3) is 186 Å². The van der Waals surface area contributed by atoms with Crippen LogP contribution in [0.1, 0.15) is 25.0 Å². The number of aromatic nitrogens is 4. The number of fused-ring (bicyclic) bond motifs is 18. The summed E-state index contributed by atoms with van der Waals surface area (Å²) in [4.78, 5) is 0. The molecule has 0 N–H and O–H groups in total. The van der Waals surface area contributed by atoms with E-state index >= 15 is 0 Å². The van der Waals surface area contributed by atoms with E-state index in [-0.39, 0.29) is 5.41 Å². The third-order valence-corrected chi connectivity index (χ3v) is 23.4. The van der Waals surface area contributed by atoms with E-state index in [1.807, 2.05) is 11.3 Å². The van der Waals surface area contributed by atoms with Crippen LogP contribution < -0.4 is 0 Å². The van der Waals surface area contributed by atoms with Gasteiger partial charge in [0.15, 0.2) is 0 Å². The van der Waals surface area contributed by atoms with E-state index in [4.69, 9.17) is 0 Å². The fraction of sp³-hybridized carbons (Fsp3) is 0.0303. The van der Waals surface area contributed by atoms with Crippen LogP contribution in [0.3, 0.4) is 0 Å². The minimum absolute atomic E-state index is 0.0563. The molecule has 0 saturated heterocycles. The van der Waals surface area contributed by atoms with Gasteiger partial charge in [0.05, 0.1) is 49.8 Å². The molecule has 5 heterocycles. The summed E-state index contributed by atoms with van der Waals surface area (Å²) in [5.41, 5.74) is 29.6. The molecule has 5 aromatic heterocycles. The summed E-state index contributed by atoms with van der Waals surface area (Å²) >= 11 is 1.87. The Labute approximate surface area is 605 Å². The maximum absolute atomic E-state index is 2.45. The Hall–Kier alpha value is -13.1. The highest BCUT2D eigenvalue weighted by atomic mass is 32.1. The molecule has 1 aliphatic carbocycles. The number of nitrogens with zero attached hydrogens (tertiary/aromatic N) is 4. The molecule has 16 aromatic carbocycles. The number of hydrogen-bond donors (Lipinski definition) is 0. The largest absolute Gasteiger partial charge is 0.309 e. The van der Waals surface area contributed by atoms with Crippen LogP contribution in [-0.4, -0.2) is 18.3 Å². The molecule has 1 aliphatic rings. The molecule has 0 spiro atoms. The van der Waals surface area contributed by atoms with Gasteiger partial charge in [0.1, 0.15) is 0 Å². The summed E-state index contributed by atoms with van der Waals surface area (Å²) in [5, 5.41) is 12.7. The number of benzene rings is 16. The molecule has 0 fully saturated rings. The van der Waals surface area contributed by atoms with E-state index in [0.29, 0.717) is 0 Å². The van der Waals surface area contributed by atoms with Crippen molar-refractivity contribution in [3.63, 3.8) is 0 Å². The monoisotopic (exact) mass is 1340 g/mol. The topological polar surface area (TPSA) is 19.7 Å². The van der Waals surface area contributed by atoms with Gasteiger partial charge in [-0.15, -0.1) is 11.3 Å². The Morgan fingerprint density at radius 3 is 1.13 bits per heavy atom. The molecule has 104 heavy (non-hydrogen) atoms. The first kappa shape index (κ1) is 59.8. The second-order valence-corrected chi connectivity index (χ2v) is 29.4. The summed E-state index contributed by atoms with van der Waals surface area (Å²) in [6.45, 7) is 4.71. The first-order chi connectivity index (χ1) is 51.3. The SMILES string of the molecule is CC1(C)c2ccccc2-c2ccc(-n3c4ccccc4c4cc(-c5ccc6c(c5)c5ccccc5n6-c5ccccc5-c5ccccc5)ccc43)cc21.c1ccc(-c2cccc(-n3c4ccccc4c4cc(-c5ccc6c(c5)c5ccccc5n6-c5ccc6c(c5)sc5ccccc56)ccc43)c2)cc1. The molecule has 4 nitrogen and oxygen atoms in total. The average molecular weight is 1340 g/mol. The zero-order chi connectivity index (χ0) is 68.7. The zero-order valence-electron chi connectivity index (χ0n) is 57.3. The minimum atomic E-state index is -0.0563. The van der Waals surface area contributed by atoms with Crippen molar-refractivity contribution in [2.24, 2.45) is 0 Å². The predicted octanol–water partition coefficient (Wildman–Crippen LogP) is 27.1. The van der Waals surface area contributed by atoms with Crippen LogP contribution in [-0.2, 0) is 5.41 Å². The summed E-state index contributed by atoms with van der Waals surface area (Å²) in [6, 6.07) is 134. The lowest BCUT2D eigenvalue weighted by Crippen LogP contribution is -2.15. The van der Waals surface area contributed by atoms with E-state index in [0.717, 1.165) is 0 Å². The summed E-state index contributed by atoms with van der Waals surface area (Å²) < 4.78 is 12.4. The van der Waals surface area contributed by atoms with Crippen molar-refractivity contribution in [3.8, 4) is 78.4 Å². The average Bonchev–Trinajstić information content (AvgIpc) is 1.58. The van der Waals surface area contributed by atoms with Crippen LogP contribution >= 0.6 is 11.3 Å². The van der Waals surface area contributed by atoms with Gasteiger partial charge in [0, 0.05) is 91.3 Å². The Bertz CT molecular complexity index is 7070. The fourth-order valence-electron chi connectivity index (χ4n) is 17.4. The van der Waals surface area contributed by atoms with Gasteiger partial charge in [-0.05, 0) is 183 Å². The molecular formula is C99H66N4S. The lowest BCUT2D eigenvalue weighted by atomic mass is 9.82. The highest BCUT2D eigenvalue weighted by Gasteiger charge is 2.36. The van der Waals surface area contributed by atoms with Crippen molar-refractivity contribution < 1.29 is 0 Å². The van der Waals surface area contributed by atoms with Crippen LogP contribution in [0.4, 0.5) is 0 Å². The summed E-state index contributed by atoms with van der Waals surface area (Å²) in [7, 11) is 0. The predicted molar refractivity (Wildman–Crippen MR) is 442 cm³/mol. The number of thiophene rings is 1. The van der Waals surface area contributed by atoms with Crippen molar-refractivity contribution in [2.75, 3.05) is 0 Å². The summed E-state index contributed by atoms with van der Waals surface area (Å²) in [5.74, 6) is 0. The Morgan fingerprint density at radius 2 is 0.577 bits per heavy atom. The minimum Gasteiger partial charge on any atom is -0.309 e. The van der Waals surface area contributed by atoms with Gasteiger partial charge in [-0.25, -0.2) is 0 Å². The third-order valence-electron chi connectivity index (χ3n) is 22.2. The Balaban J connectivity index is 0.000000134. The normalized spacial score (nSPS) is 12.6. The molecule has 5 heteroatoms. The van der Waals surface area contributed by atoms with Gasteiger partial charge < -0.3 is 18.3 Å². The van der Waals surface area contributed by atoms with Gasteiger partial charge in [-0.1, -0.05) is 257 Å². The molecule has 0 radical (unpaired) electrons. The third kappa shape index (κ3) is 9.30. The van der Waals surface area contributed by atoms with Crippen LogP contribution in [0.15, 0.2) is 364 Å². The van der Waals surface area contributed by atoms with Gasteiger partial charge in [0.25, 0.3) is 0 Å². The van der Waals surface area contributed by atoms with Gasteiger partial charge >= 0.3 is 0 Å². The smallest absolute Gasteiger partial charge is 0.0541 e. The highest BCUT2D eigenvalue weighted by Crippen LogP contribution is 2.50. The standard InChI is InChI=1S/C51H36N2.C48H30N2S/c1-51(2)44-20-10-6-17-38(44)39-27-26-36(32-45(39)51)52-47-22-12-8-18-40(47)42-30-34(24-28-49(42)52)35-25-29-50-43(31-35)41-19-9-13-23-48(41)53(50)46-21-11-7-16-37(46)33-14-4-3-5-15-33;1-2-11-31(12-3-1)32-13-10-14-35(27-32)49-43-18-7-4-15-37(43)41-28-33(21-25-45(41)49)34-22-26-46-42(29-34)38-16-5-8-19-44(38)50(46)36-23-24-40-39-17-6-9-20-47(39)51-48(40)30-36/h3-32H,1-2H3;1-30H. The van der Waals surface area contributed by atoms with E-state index in [1.54, 1.807) is 0 Å². The molecule has 0 amide bonds. The lowest BCUT2D eigenvalue weighted by Gasteiger charge is -2.22. The maximum atomic E-state index is 2.45. The van der Waals surface area contributed by atoms with Gasteiger partial charge in [-0.3, -0.25) is 0 Å². The van der Waals surface area contributed by atoms with E-state index < -0.39 is 0 Å². The van der Waals surface area contributed by atoms with Crippen molar-refractivity contribution in [3.05, 3.63) is 375 Å². The van der Waals surface area contributed by atoms with Crippen LogP contribution in [0.5, 0.6) is 0 Å². The van der Waals surface area contributed by atoms with Crippen LogP contribution in [0.2, 0.25) is 0 Å². The van der Waals surface area contributed by atoms with E-state index in [1.165, 1.54) is 197 Å². The highest BCUT2D eigenvalue weighted by molar-refractivity contribution is 7.25. The Morgan fingerprint density at radius 1 is 0.202 bits per heavy atom. The lowest BCUT2D eigenvalue weighted by molar-refractivity contribution is 0.660. The molecule has 22 rings (SSSR count). The van der Waals surface area contributed by atoms with E-state index in [2.05, 4.69) is 396 Å². The number of para-hydroxylation sites is 5. The van der Waals surface area contributed by atoms with E-state index in [9.17, 15) is 0 Å². The first-order valence-corrected chi connectivity index (χ1v) is 36.8. The van der Waals surface area contributed by atoms with Gasteiger partial charge in [-0.2, -0.15) is 0 Å². The maximum Gasteiger partial charge on any atom is 0.0541 e. The summed E-state index contributed by atoms with van der Waals surface area (Å²) in [6.07, 6.45) is 0. The Kier molecular flexibility index (Phi) is 13.5.